The monoisotopic (exact) mass is 294 g/mol. The van der Waals surface area contributed by atoms with E-state index in [9.17, 15) is 4.79 Å². The molecular formula is C7H4Br2O3. The quantitative estimate of drug-likeness (QED) is 0.640. The van der Waals surface area contributed by atoms with Crippen LogP contribution in [0.2, 0.25) is 0 Å². The van der Waals surface area contributed by atoms with E-state index in [0.717, 1.165) is 4.47 Å². The van der Waals surface area contributed by atoms with Gasteiger partial charge in [0.05, 0.1) is 5.56 Å². The van der Waals surface area contributed by atoms with Crippen LogP contribution < -0.4 is 0 Å². The Hall–Kier alpha value is -0.390. The van der Waals surface area contributed by atoms with E-state index >= 15 is 0 Å². The summed E-state index contributed by atoms with van der Waals surface area (Å²) >= 11 is 6.37. The number of benzene rings is 1. The molecule has 64 valence electrons. The van der Waals surface area contributed by atoms with Crippen LogP contribution in [-0.4, -0.2) is 11.2 Å². The van der Waals surface area contributed by atoms with Gasteiger partial charge < -0.3 is 0 Å². The van der Waals surface area contributed by atoms with Gasteiger partial charge in [0.15, 0.2) is 0 Å². The van der Waals surface area contributed by atoms with Gasteiger partial charge in [-0.1, -0.05) is 6.07 Å². The molecule has 1 N–H and O–H groups in total. The molecule has 0 saturated carbocycles. The third-order valence-corrected chi connectivity index (χ3v) is 3.30. The minimum Gasteiger partial charge on any atom is -0.295 e. The summed E-state index contributed by atoms with van der Waals surface area (Å²) in [7, 11) is 0. The second-order valence-electron chi connectivity index (χ2n) is 1.98. The Morgan fingerprint density at radius 2 is 2.08 bits per heavy atom. The highest BCUT2D eigenvalue weighted by Gasteiger charge is 2.12. The second kappa shape index (κ2) is 4.02. The molecule has 0 unspecified atom stereocenters. The van der Waals surface area contributed by atoms with Crippen LogP contribution in [0.4, 0.5) is 0 Å². The largest absolute Gasteiger partial charge is 0.373 e. The van der Waals surface area contributed by atoms with Crippen molar-refractivity contribution < 1.29 is 14.9 Å². The number of carbonyl (C=O) groups is 1. The lowest BCUT2D eigenvalue weighted by molar-refractivity contribution is -0.182. The van der Waals surface area contributed by atoms with Crippen molar-refractivity contribution in [2.75, 3.05) is 0 Å². The van der Waals surface area contributed by atoms with Crippen LogP contribution >= 0.6 is 31.9 Å². The molecule has 0 saturated heterocycles. The van der Waals surface area contributed by atoms with E-state index in [1.54, 1.807) is 12.1 Å². The fourth-order valence-corrected chi connectivity index (χ4v) is 1.50. The van der Waals surface area contributed by atoms with E-state index < -0.39 is 5.97 Å². The molecule has 0 radical (unpaired) electrons. The van der Waals surface area contributed by atoms with Crippen LogP contribution in [0.25, 0.3) is 0 Å². The van der Waals surface area contributed by atoms with Crippen molar-refractivity contribution in [2.24, 2.45) is 0 Å². The fraction of sp³-hybridized carbons (Fsp3) is 0. The van der Waals surface area contributed by atoms with E-state index in [-0.39, 0.29) is 5.56 Å². The molecule has 0 bridgehead atoms. The predicted molar refractivity (Wildman–Crippen MR) is 49.9 cm³/mol. The highest BCUT2D eigenvalue weighted by atomic mass is 79.9. The Bertz CT molecular complexity index is 312. The first-order valence-corrected chi connectivity index (χ1v) is 4.55. The Kier molecular flexibility index (Phi) is 3.25. The van der Waals surface area contributed by atoms with Crippen LogP contribution in [0.15, 0.2) is 27.1 Å². The summed E-state index contributed by atoms with van der Waals surface area (Å²) in [6, 6.07) is 4.97. The van der Waals surface area contributed by atoms with Crippen molar-refractivity contribution in [1.82, 2.24) is 0 Å². The van der Waals surface area contributed by atoms with Gasteiger partial charge in [-0.25, -0.2) is 4.79 Å². The molecule has 0 aromatic heterocycles. The van der Waals surface area contributed by atoms with Gasteiger partial charge in [-0.3, -0.25) is 4.89 Å². The summed E-state index contributed by atoms with van der Waals surface area (Å²) in [6.07, 6.45) is 0. The van der Waals surface area contributed by atoms with Crippen molar-refractivity contribution in [3.8, 4) is 0 Å². The van der Waals surface area contributed by atoms with Crippen LogP contribution in [0.3, 0.4) is 0 Å². The van der Waals surface area contributed by atoms with Crippen molar-refractivity contribution >= 4 is 37.8 Å². The third-order valence-electron chi connectivity index (χ3n) is 1.25. The summed E-state index contributed by atoms with van der Waals surface area (Å²) in [5, 5.41) is 8.12. The lowest BCUT2D eigenvalue weighted by Gasteiger charge is -2.01. The molecule has 0 fully saturated rings. The molecule has 0 heterocycles. The SMILES string of the molecule is O=C(OO)c1cccc(Br)c1Br. The number of halogens is 2. The average Bonchev–Trinajstić information content (AvgIpc) is 2.08. The Morgan fingerprint density at radius 1 is 1.42 bits per heavy atom. The van der Waals surface area contributed by atoms with Crippen molar-refractivity contribution in [1.29, 1.82) is 0 Å². The van der Waals surface area contributed by atoms with Gasteiger partial charge in [0.1, 0.15) is 0 Å². The molecule has 0 aliphatic heterocycles. The maximum Gasteiger partial charge on any atom is 0.373 e. The minimum atomic E-state index is -0.789. The van der Waals surface area contributed by atoms with E-state index in [4.69, 9.17) is 5.26 Å². The van der Waals surface area contributed by atoms with E-state index in [1.165, 1.54) is 6.07 Å². The van der Waals surface area contributed by atoms with Gasteiger partial charge in [-0.15, -0.1) is 0 Å². The van der Waals surface area contributed by atoms with Gasteiger partial charge in [-0.05, 0) is 44.0 Å². The molecule has 1 aromatic carbocycles. The lowest BCUT2D eigenvalue weighted by Crippen LogP contribution is -2.02. The first kappa shape index (κ1) is 9.70. The van der Waals surface area contributed by atoms with Crippen molar-refractivity contribution in [2.45, 2.75) is 0 Å². The van der Waals surface area contributed by atoms with E-state index in [1.807, 2.05) is 0 Å². The third kappa shape index (κ3) is 1.85. The number of hydrogen-bond acceptors (Lipinski definition) is 3. The molecule has 0 atom stereocenters. The molecule has 3 nitrogen and oxygen atoms in total. The van der Waals surface area contributed by atoms with Crippen molar-refractivity contribution in [3.05, 3.63) is 32.7 Å². The predicted octanol–water partition coefficient (Wildman–Crippen LogP) is 2.84. The molecule has 0 aliphatic carbocycles. The highest BCUT2D eigenvalue weighted by Crippen LogP contribution is 2.26. The van der Waals surface area contributed by atoms with E-state index in [0.29, 0.717) is 4.47 Å². The highest BCUT2D eigenvalue weighted by molar-refractivity contribution is 9.13. The summed E-state index contributed by atoms with van der Waals surface area (Å²) in [5.41, 5.74) is 0.270. The fourth-order valence-electron chi connectivity index (χ4n) is 0.711. The average molecular weight is 296 g/mol. The number of rotatable bonds is 1. The molecule has 1 rings (SSSR count). The first-order chi connectivity index (χ1) is 5.66. The Morgan fingerprint density at radius 3 is 2.67 bits per heavy atom. The van der Waals surface area contributed by atoms with Gasteiger partial charge >= 0.3 is 5.97 Å². The molecule has 12 heavy (non-hydrogen) atoms. The molecule has 0 spiro atoms. The first-order valence-electron chi connectivity index (χ1n) is 2.96. The maximum atomic E-state index is 10.9. The zero-order chi connectivity index (χ0) is 9.14. The van der Waals surface area contributed by atoms with Gasteiger partial charge in [0, 0.05) is 8.95 Å². The smallest absolute Gasteiger partial charge is 0.295 e. The molecule has 5 heteroatoms. The van der Waals surface area contributed by atoms with Gasteiger partial charge in [0.2, 0.25) is 0 Å². The Balaban J connectivity index is 3.16. The molecular weight excluding hydrogens is 292 g/mol. The van der Waals surface area contributed by atoms with Crippen LogP contribution in [0, 0.1) is 0 Å². The number of hydrogen-bond donors (Lipinski definition) is 1. The maximum absolute atomic E-state index is 10.9. The summed E-state index contributed by atoms with van der Waals surface area (Å²) in [5.74, 6) is -0.789. The zero-order valence-corrected chi connectivity index (χ0v) is 8.92. The Labute approximate surface area is 85.5 Å². The van der Waals surface area contributed by atoms with Gasteiger partial charge in [-0.2, -0.15) is 5.26 Å². The van der Waals surface area contributed by atoms with Crippen LogP contribution in [0.5, 0.6) is 0 Å². The minimum absolute atomic E-state index is 0.270. The van der Waals surface area contributed by atoms with Crippen LogP contribution in [0.1, 0.15) is 10.4 Å². The molecule has 0 amide bonds. The van der Waals surface area contributed by atoms with Crippen LogP contribution in [-0.2, 0) is 4.89 Å². The topological polar surface area (TPSA) is 46.5 Å². The normalized spacial score (nSPS) is 9.58. The second-order valence-corrected chi connectivity index (χ2v) is 3.63. The zero-order valence-electron chi connectivity index (χ0n) is 5.75. The number of carbonyl (C=O) groups excluding carboxylic acids is 1. The van der Waals surface area contributed by atoms with Crippen molar-refractivity contribution in [3.63, 3.8) is 0 Å². The lowest BCUT2D eigenvalue weighted by atomic mass is 10.2. The molecule has 0 aliphatic rings. The summed E-state index contributed by atoms with van der Waals surface area (Å²) < 4.78 is 1.29. The standard InChI is InChI=1S/C7H4Br2O3/c8-5-3-1-2-4(6(5)9)7(10)12-11/h1-3,11H. The summed E-state index contributed by atoms with van der Waals surface area (Å²) in [4.78, 5) is 14.4. The van der Waals surface area contributed by atoms with Gasteiger partial charge in [0.25, 0.3) is 0 Å². The molecule has 1 aromatic rings. The summed E-state index contributed by atoms with van der Waals surface area (Å²) in [6.45, 7) is 0. The van der Waals surface area contributed by atoms with E-state index in [2.05, 4.69) is 36.7 Å².